The van der Waals surface area contributed by atoms with Gasteiger partial charge in [-0.05, 0) is 49.4 Å². The van der Waals surface area contributed by atoms with Crippen LogP contribution < -0.4 is 5.32 Å². The van der Waals surface area contributed by atoms with Gasteiger partial charge in [0.1, 0.15) is 0 Å². The fourth-order valence-corrected chi connectivity index (χ4v) is 6.43. The second-order valence-electron chi connectivity index (χ2n) is 8.23. The molecule has 4 rings (SSSR count). The number of carboxylic acids is 1. The zero-order valence-electron chi connectivity index (χ0n) is 12.0. The maximum Gasteiger partial charge on any atom is 0.309 e. The fraction of sp³-hybridized carbons (Fsp3) is 0.867. The highest BCUT2D eigenvalue weighted by Gasteiger charge is 2.68. The summed E-state index contributed by atoms with van der Waals surface area (Å²) < 4.78 is 0. The first-order valence-corrected chi connectivity index (χ1v) is 7.12. The largest absolute Gasteiger partial charge is 0.481 e. The Morgan fingerprint density at radius 3 is 1.89 bits per heavy atom. The molecule has 4 nitrogen and oxygen atoms in total. The summed E-state index contributed by atoms with van der Waals surface area (Å²) in [5.74, 6) is -0.700. The van der Waals surface area contributed by atoms with Crippen molar-refractivity contribution in [1.29, 1.82) is 0 Å². The maximum atomic E-state index is 11.9. The van der Waals surface area contributed by atoms with Gasteiger partial charge in [-0.1, -0.05) is 13.8 Å². The molecule has 0 aromatic heterocycles. The van der Waals surface area contributed by atoms with Gasteiger partial charge in [-0.15, -0.1) is 0 Å². The monoisotopic (exact) mass is 265 g/mol. The van der Waals surface area contributed by atoms with Crippen molar-refractivity contribution < 1.29 is 14.7 Å². The van der Waals surface area contributed by atoms with Crippen LogP contribution >= 0.6 is 0 Å². The normalized spacial score (nSPS) is 51.1. The summed E-state index contributed by atoms with van der Waals surface area (Å²) in [5, 5.41) is 12.9. The predicted molar refractivity (Wildman–Crippen MR) is 70.5 cm³/mol. The van der Waals surface area contributed by atoms with Gasteiger partial charge in [0, 0.05) is 12.5 Å². The van der Waals surface area contributed by atoms with Crippen LogP contribution in [0.15, 0.2) is 0 Å². The molecule has 4 heteroatoms. The lowest BCUT2D eigenvalue weighted by Crippen LogP contribution is -2.69. The van der Waals surface area contributed by atoms with Gasteiger partial charge in [-0.3, -0.25) is 9.59 Å². The van der Waals surface area contributed by atoms with Crippen LogP contribution in [0.3, 0.4) is 0 Å². The number of carbonyl (C=O) groups is 2. The van der Waals surface area contributed by atoms with E-state index >= 15 is 0 Å². The zero-order valence-corrected chi connectivity index (χ0v) is 12.0. The molecule has 19 heavy (non-hydrogen) atoms. The van der Waals surface area contributed by atoms with Crippen LogP contribution in [0.4, 0.5) is 0 Å². The molecular weight excluding hydrogens is 242 g/mol. The lowest BCUT2D eigenvalue weighted by atomic mass is 9.38. The van der Waals surface area contributed by atoms with E-state index in [4.69, 9.17) is 0 Å². The second kappa shape index (κ2) is 3.33. The van der Waals surface area contributed by atoms with Gasteiger partial charge in [0.15, 0.2) is 0 Å². The molecule has 2 unspecified atom stereocenters. The first-order valence-electron chi connectivity index (χ1n) is 7.12. The van der Waals surface area contributed by atoms with Crippen LogP contribution in [0.2, 0.25) is 0 Å². The van der Waals surface area contributed by atoms with Gasteiger partial charge in [-0.2, -0.15) is 0 Å². The van der Waals surface area contributed by atoms with E-state index in [1.54, 1.807) is 0 Å². The van der Waals surface area contributed by atoms with Gasteiger partial charge in [0.25, 0.3) is 0 Å². The van der Waals surface area contributed by atoms with Crippen LogP contribution in [-0.4, -0.2) is 22.5 Å². The van der Waals surface area contributed by atoms with E-state index in [0.29, 0.717) is 6.42 Å². The minimum atomic E-state index is -0.668. The summed E-state index contributed by atoms with van der Waals surface area (Å²) in [6.07, 6.45) is 5.11. The van der Waals surface area contributed by atoms with Crippen LogP contribution in [0, 0.1) is 16.2 Å². The van der Waals surface area contributed by atoms with Crippen molar-refractivity contribution in [2.24, 2.45) is 16.2 Å². The van der Waals surface area contributed by atoms with E-state index in [9.17, 15) is 14.7 Å². The molecule has 4 fully saturated rings. The Bertz CT molecular complexity index is 452. The molecule has 0 spiro atoms. The molecule has 2 N–H and O–H groups in total. The Morgan fingerprint density at radius 2 is 1.47 bits per heavy atom. The highest BCUT2D eigenvalue weighted by atomic mass is 16.4. The van der Waals surface area contributed by atoms with E-state index in [1.165, 1.54) is 6.92 Å². The molecule has 2 atom stereocenters. The topological polar surface area (TPSA) is 66.4 Å². The van der Waals surface area contributed by atoms with E-state index in [-0.39, 0.29) is 22.3 Å². The summed E-state index contributed by atoms with van der Waals surface area (Å²) in [4.78, 5) is 23.4. The average Bonchev–Trinajstić information content (AvgIpc) is 2.07. The molecule has 0 aromatic carbocycles. The quantitative estimate of drug-likeness (QED) is 0.805. The van der Waals surface area contributed by atoms with Crippen molar-refractivity contribution in [3.63, 3.8) is 0 Å². The first kappa shape index (κ1) is 12.9. The third kappa shape index (κ3) is 1.79. The van der Waals surface area contributed by atoms with Crippen molar-refractivity contribution in [3.05, 3.63) is 0 Å². The fourth-order valence-electron chi connectivity index (χ4n) is 6.43. The number of nitrogens with one attached hydrogen (secondary N) is 1. The molecule has 4 aliphatic rings. The third-order valence-electron chi connectivity index (χ3n) is 5.49. The van der Waals surface area contributed by atoms with Gasteiger partial charge >= 0.3 is 5.97 Å². The number of carbonyl (C=O) groups excluding carboxylic acids is 1. The van der Waals surface area contributed by atoms with Gasteiger partial charge in [0.2, 0.25) is 5.91 Å². The summed E-state index contributed by atoms with van der Waals surface area (Å²) in [7, 11) is 0. The van der Waals surface area contributed by atoms with E-state index in [2.05, 4.69) is 19.2 Å². The number of carboxylic acid groups (broad SMARTS) is 1. The number of amides is 1. The number of hydrogen-bond acceptors (Lipinski definition) is 2. The minimum Gasteiger partial charge on any atom is -0.481 e. The summed E-state index contributed by atoms with van der Waals surface area (Å²) >= 11 is 0. The minimum absolute atomic E-state index is 0.0327. The van der Waals surface area contributed by atoms with Crippen molar-refractivity contribution >= 4 is 11.9 Å². The molecule has 4 aliphatic carbocycles. The molecule has 4 bridgehead atoms. The number of rotatable bonds is 2. The van der Waals surface area contributed by atoms with Crippen LogP contribution in [-0.2, 0) is 9.59 Å². The zero-order chi connectivity index (χ0) is 14.1. The lowest BCUT2D eigenvalue weighted by molar-refractivity contribution is -0.194. The third-order valence-corrected chi connectivity index (χ3v) is 5.49. The van der Waals surface area contributed by atoms with Crippen molar-refractivity contribution in [2.45, 2.75) is 64.8 Å². The molecular formula is C15H23NO3. The average molecular weight is 265 g/mol. The number of hydrogen-bond donors (Lipinski definition) is 2. The highest BCUT2D eigenvalue weighted by Crippen LogP contribution is 2.70. The molecule has 0 heterocycles. The van der Waals surface area contributed by atoms with E-state index in [1.807, 2.05) is 0 Å². The standard InChI is InChI=1S/C15H23NO3/c1-10(17)16-15-7-12(2)4-13(3,8-15)6-14(5-12,9-15)11(18)19/h4-9H2,1-3H3,(H,16,17)(H,18,19). The Balaban J connectivity index is 2.06. The predicted octanol–water partition coefficient (Wildman–Crippen LogP) is 2.33. The molecule has 4 saturated carbocycles. The summed E-state index contributed by atoms with van der Waals surface area (Å²) in [5.41, 5.74) is -0.794. The van der Waals surface area contributed by atoms with Crippen molar-refractivity contribution in [1.82, 2.24) is 5.32 Å². The Kier molecular flexibility index (Phi) is 2.27. The lowest BCUT2D eigenvalue weighted by Gasteiger charge is -2.68. The molecule has 0 saturated heterocycles. The Labute approximate surface area is 113 Å². The molecule has 1 amide bonds. The van der Waals surface area contributed by atoms with Crippen molar-refractivity contribution in [3.8, 4) is 0 Å². The van der Waals surface area contributed by atoms with Crippen molar-refractivity contribution in [2.75, 3.05) is 0 Å². The van der Waals surface area contributed by atoms with Gasteiger partial charge in [0.05, 0.1) is 5.41 Å². The van der Waals surface area contributed by atoms with E-state index < -0.39 is 11.4 Å². The summed E-state index contributed by atoms with van der Waals surface area (Å²) in [6.45, 7) is 5.95. The van der Waals surface area contributed by atoms with Crippen LogP contribution in [0.1, 0.15) is 59.3 Å². The highest BCUT2D eigenvalue weighted by molar-refractivity contribution is 5.77. The second-order valence-corrected chi connectivity index (χ2v) is 8.23. The first-order chi connectivity index (χ1) is 8.60. The Morgan fingerprint density at radius 1 is 0.947 bits per heavy atom. The van der Waals surface area contributed by atoms with Crippen LogP contribution in [0.25, 0.3) is 0 Å². The smallest absolute Gasteiger partial charge is 0.309 e. The summed E-state index contributed by atoms with van der Waals surface area (Å²) in [6, 6.07) is 0. The van der Waals surface area contributed by atoms with Gasteiger partial charge in [-0.25, -0.2) is 0 Å². The SMILES string of the molecule is CC(=O)NC12CC3(C)CC(C)(C1)CC(C(=O)O)(C3)C2. The molecule has 0 radical (unpaired) electrons. The Hall–Kier alpha value is -1.06. The van der Waals surface area contributed by atoms with Gasteiger partial charge < -0.3 is 10.4 Å². The number of aliphatic carboxylic acids is 1. The molecule has 0 aromatic rings. The van der Waals surface area contributed by atoms with Crippen LogP contribution in [0.5, 0.6) is 0 Å². The molecule has 106 valence electrons. The molecule has 0 aliphatic heterocycles. The maximum absolute atomic E-state index is 11.9. The van der Waals surface area contributed by atoms with E-state index in [0.717, 1.165) is 32.1 Å².